The molecule has 2 heterocycles. The van der Waals surface area contributed by atoms with Gasteiger partial charge in [-0.25, -0.2) is 0 Å². The molecule has 2 aromatic carbocycles. The molecule has 274 valence electrons. The Balaban J connectivity index is 0.00000123. The Labute approximate surface area is 314 Å². The van der Waals surface area contributed by atoms with Gasteiger partial charge in [-0.1, -0.05) is 137 Å². The zero-order valence-electron chi connectivity index (χ0n) is 33.3. The predicted octanol–water partition coefficient (Wildman–Crippen LogP) is 12.2. The van der Waals surface area contributed by atoms with E-state index >= 15 is 0 Å². The molecule has 2 N–H and O–H groups in total. The molecule has 0 aliphatic carbocycles. The second-order valence-corrected chi connectivity index (χ2v) is 12.1. The Bertz CT molecular complexity index is 1810. The average Bonchev–Trinajstić information content (AvgIpc) is 3.62. The molecule has 5 heteroatoms. The lowest BCUT2D eigenvalue weighted by Gasteiger charge is -2.37. The number of allylic oxidation sites excluding steroid dienone is 9. The third kappa shape index (κ3) is 10.9. The third-order valence-corrected chi connectivity index (χ3v) is 8.37. The van der Waals surface area contributed by atoms with Crippen LogP contribution in [0.3, 0.4) is 0 Å². The normalized spacial score (nSPS) is 13.4. The van der Waals surface area contributed by atoms with Gasteiger partial charge in [0.1, 0.15) is 11.2 Å². The molecule has 4 rings (SSSR count). The largest absolute Gasteiger partial charge is 0.325 e. The summed E-state index contributed by atoms with van der Waals surface area (Å²) in [6.07, 6.45) is 20.7. The first-order valence-corrected chi connectivity index (χ1v) is 18.6. The van der Waals surface area contributed by atoms with Crippen LogP contribution in [0.5, 0.6) is 0 Å². The van der Waals surface area contributed by atoms with Crippen molar-refractivity contribution in [2.45, 2.75) is 93.7 Å². The highest BCUT2D eigenvalue weighted by atomic mass is 15.3. The van der Waals surface area contributed by atoms with Crippen molar-refractivity contribution in [2.75, 3.05) is 0 Å². The van der Waals surface area contributed by atoms with Crippen LogP contribution in [0, 0.1) is 6.92 Å². The van der Waals surface area contributed by atoms with Crippen LogP contribution in [-0.4, -0.2) is 26.5 Å². The molecule has 4 aromatic rings. The van der Waals surface area contributed by atoms with Gasteiger partial charge in [0.15, 0.2) is 0 Å². The molecule has 0 saturated carbocycles. The standard InChI is InChI=1S/C41H46N4.C4H9N.C2H6/c1-8-20-33(11-4)32(7)42-29-34(21-9-2)38-30-45(44-40(38)39-28-19-23-31(6)43-39)41(35(12-5)22-10-3,36-24-15-13-16-25-36)37-26-17-14-18-27-37;1-3-4(2)5;1-2/h9-10,12-30H,8,11H2,1-7H3;3-4H,1,5H2,2H3;1-2H3/b21-9-,22-10-,33-20+,34-29-,35-12+,42-32+;;. The molecule has 0 bridgehead atoms. The molecule has 52 heavy (non-hydrogen) atoms. The number of rotatable bonds is 13. The van der Waals surface area contributed by atoms with Crippen molar-refractivity contribution in [2.24, 2.45) is 10.7 Å². The Morgan fingerprint density at radius 1 is 0.904 bits per heavy atom. The van der Waals surface area contributed by atoms with Gasteiger partial charge in [0.05, 0.1) is 5.69 Å². The van der Waals surface area contributed by atoms with Crippen LogP contribution < -0.4 is 5.73 Å². The fourth-order valence-corrected chi connectivity index (χ4v) is 5.91. The zero-order chi connectivity index (χ0) is 38.5. The van der Waals surface area contributed by atoms with Crippen molar-refractivity contribution in [3.63, 3.8) is 0 Å². The van der Waals surface area contributed by atoms with Crippen LogP contribution >= 0.6 is 0 Å². The summed E-state index contributed by atoms with van der Waals surface area (Å²) >= 11 is 0. The van der Waals surface area contributed by atoms with Gasteiger partial charge in [-0.2, -0.15) is 5.10 Å². The lowest BCUT2D eigenvalue weighted by Crippen LogP contribution is -2.38. The molecule has 0 aliphatic rings. The van der Waals surface area contributed by atoms with Gasteiger partial charge in [0.25, 0.3) is 0 Å². The summed E-state index contributed by atoms with van der Waals surface area (Å²) < 4.78 is 2.13. The minimum Gasteiger partial charge on any atom is -0.325 e. The lowest BCUT2D eigenvalue weighted by molar-refractivity contribution is 0.459. The number of nitrogens with two attached hydrogens (primary N) is 1. The number of pyridine rings is 1. The quantitative estimate of drug-likeness (QED) is 0.0860. The second kappa shape index (κ2) is 22.6. The minimum absolute atomic E-state index is 0.148. The van der Waals surface area contributed by atoms with Crippen LogP contribution in [0.25, 0.3) is 17.0 Å². The Hall–Kier alpha value is -5.13. The van der Waals surface area contributed by atoms with E-state index in [9.17, 15) is 0 Å². The van der Waals surface area contributed by atoms with Gasteiger partial charge in [-0.3, -0.25) is 14.7 Å². The maximum atomic E-state index is 5.45. The molecule has 0 aliphatic heterocycles. The van der Waals surface area contributed by atoms with E-state index < -0.39 is 5.54 Å². The van der Waals surface area contributed by atoms with Crippen molar-refractivity contribution in [3.8, 4) is 11.4 Å². The van der Waals surface area contributed by atoms with Gasteiger partial charge in [0, 0.05) is 41.0 Å². The smallest absolute Gasteiger partial charge is 0.137 e. The highest BCUT2D eigenvalue weighted by molar-refractivity contribution is 5.99. The van der Waals surface area contributed by atoms with E-state index in [4.69, 9.17) is 20.8 Å². The first-order valence-electron chi connectivity index (χ1n) is 18.6. The first-order chi connectivity index (χ1) is 25.2. The molecule has 5 nitrogen and oxygen atoms in total. The summed E-state index contributed by atoms with van der Waals surface area (Å²) in [6, 6.07) is 27.5. The van der Waals surface area contributed by atoms with E-state index in [0.717, 1.165) is 63.5 Å². The lowest BCUT2D eigenvalue weighted by atomic mass is 9.76. The minimum atomic E-state index is -0.750. The van der Waals surface area contributed by atoms with Crippen LogP contribution in [0.15, 0.2) is 157 Å². The Kier molecular flexibility index (Phi) is 18.7. The molecule has 0 radical (unpaired) electrons. The van der Waals surface area contributed by atoms with Crippen LogP contribution in [0.1, 0.15) is 97.5 Å². The number of aliphatic imine (C=N–C) groups is 1. The summed E-state index contributed by atoms with van der Waals surface area (Å²) in [4.78, 5) is 9.93. The summed E-state index contributed by atoms with van der Waals surface area (Å²) in [6.45, 7) is 24.0. The molecule has 0 fully saturated rings. The molecule has 0 amide bonds. The molecule has 2 aromatic heterocycles. The third-order valence-electron chi connectivity index (χ3n) is 8.37. The van der Waals surface area contributed by atoms with Crippen LogP contribution in [0.4, 0.5) is 0 Å². The van der Waals surface area contributed by atoms with Crippen LogP contribution in [0.2, 0.25) is 0 Å². The van der Waals surface area contributed by atoms with Gasteiger partial charge < -0.3 is 5.73 Å². The van der Waals surface area contributed by atoms with Gasteiger partial charge in [-0.05, 0) is 88.8 Å². The number of hydrogen-bond acceptors (Lipinski definition) is 4. The van der Waals surface area contributed by atoms with E-state index in [-0.39, 0.29) is 6.04 Å². The van der Waals surface area contributed by atoms with Gasteiger partial charge in [-0.15, -0.1) is 6.58 Å². The number of aromatic nitrogens is 3. The predicted molar refractivity (Wildman–Crippen MR) is 228 cm³/mol. The summed E-state index contributed by atoms with van der Waals surface area (Å²) in [7, 11) is 0. The zero-order valence-corrected chi connectivity index (χ0v) is 33.3. The highest BCUT2D eigenvalue weighted by Crippen LogP contribution is 2.43. The molecule has 0 spiro atoms. The Morgan fingerprint density at radius 2 is 1.48 bits per heavy atom. The number of benzene rings is 2. The Morgan fingerprint density at radius 3 is 1.94 bits per heavy atom. The first kappa shape index (κ1) is 43.0. The summed E-state index contributed by atoms with van der Waals surface area (Å²) in [5.41, 5.74) is 14.6. The number of aryl methyl sites for hydroxylation is 1. The van der Waals surface area contributed by atoms with E-state index in [0.29, 0.717) is 0 Å². The molecule has 0 saturated heterocycles. The molecular formula is C47H61N5. The second-order valence-electron chi connectivity index (χ2n) is 12.1. The highest BCUT2D eigenvalue weighted by Gasteiger charge is 2.40. The number of hydrogen-bond donors (Lipinski definition) is 1. The van der Waals surface area contributed by atoms with Gasteiger partial charge >= 0.3 is 0 Å². The average molecular weight is 696 g/mol. The maximum Gasteiger partial charge on any atom is 0.137 e. The molecule has 1 unspecified atom stereocenters. The maximum absolute atomic E-state index is 5.45. The van der Waals surface area contributed by atoms with Crippen molar-refractivity contribution in [1.29, 1.82) is 0 Å². The van der Waals surface area contributed by atoms with E-state index in [1.54, 1.807) is 6.08 Å². The van der Waals surface area contributed by atoms with E-state index in [1.807, 2.05) is 59.0 Å². The monoisotopic (exact) mass is 695 g/mol. The van der Waals surface area contributed by atoms with Crippen LogP contribution in [-0.2, 0) is 5.54 Å². The SMILES string of the molecule is C=CC(C)N.CC.C\C=C/C(=C/N=C(C)/C(=C/CC)CC)c1cn(C(C(/C=C\C)=C/C)(c2ccccc2)c2ccccc2)nc1-c1cccc(C)n1. The molecule has 1 atom stereocenters. The molecular weight excluding hydrogens is 635 g/mol. The van der Waals surface area contributed by atoms with Crippen molar-refractivity contribution in [3.05, 3.63) is 174 Å². The van der Waals surface area contributed by atoms with Crippen molar-refractivity contribution >= 4 is 11.3 Å². The van der Waals surface area contributed by atoms with Crippen molar-refractivity contribution in [1.82, 2.24) is 14.8 Å². The van der Waals surface area contributed by atoms with Gasteiger partial charge in [0.2, 0.25) is 0 Å². The fourth-order valence-electron chi connectivity index (χ4n) is 5.91. The topological polar surface area (TPSA) is 69.1 Å². The van der Waals surface area contributed by atoms with E-state index in [2.05, 4.69) is 149 Å². The fraction of sp³-hybridized carbons (Fsp3) is 0.298. The summed E-state index contributed by atoms with van der Waals surface area (Å²) in [5.74, 6) is 0. The van der Waals surface area contributed by atoms with Crippen molar-refractivity contribution < 1.29 is 0 Å². The number of nitrogens with zero attached hydrogens (tertiary/aromatic N) is 4. The summed E-state index contributed by atoms with van der Waals surface area (Å²) in [5, 5.41) is 5.45. The van der Waals surface area contributed by atoms with E-state index in [1.165, 1.54) is 5.57 Å².